The summed E-state index contributed by atoms with van der Waals surface area (Å²) < 4.78 is 0. The summed E-state index contributed by atoms with van der Waals surface area (Å²) in [7, 11) is 0. The number of aliphatic hydroxyl groups is 1. The van der Waals surface area contributed by atoms with Crippen LogP contribution in [0.3, 0.4) is 0 Å². The van der Waals surface area contributed by atoms with Crippen molar-refractivity contribution in [2.75, 3.05) is 5.32 Å². The molecule has 2 aromatic carbocycles. The summed E-state index contributed by atoms with van der Waals surface area (Å²) in [6.45, 7) is 5.40. The Morgan fingerprint density at radius 2 is 1.75 bits per heavy atom. The van der Waals surface area contributed by atoms with Crippen LogP contribution < -0.4 is 5.32 Å². The van der Waals surface area contributed by atoms with Crippen LogP contribution in [0.4, 0.5) is 5.69 Å². The minimum absolute atomic E-state index is 0.181. The Bertz CT molecular complexity index is 610. The SMILES string of the molecule is Cc1ccc(NC(=O)c2cccc(C(C)(C)O)c2)cc1. The number of hydrogen-bond acceptors (Lipinski definition) is 2. The van der Waals surface area contributed by atoms with Gasteiger partial charge in [-0.2, -0.15) is 0 Å². The lowest BCUT2D eigenvalue weighted by Gasteiger charge is -2.18. The van der Waals surface area contributed by atoms with Gasteiger partial charge in [-0.15, -0.1) is 0 Å². The summed E-state index contributed by atoms with van der Waals surface area (Å²) in [6.07, 6.45) is 0. The van der Waals surface area contributed by atoms with E-state index in [-0.39, 0.29) is 5.91 Å². The van der Waals surface area contributed by atoms with Crippen LogP contribution >= 0.6 is 0 Å². The van der Waals surface area contributed by atoms with E-state index < -0.39 is 5.60 Å². The zero-order valence-corrected chi connectivity index (χ0v) is 12.0. The van der Waals surface area contributed by atoms with Crippen molar-refractivity contribution in [1.82, 2.24) is 0 Å². The molecule has 0 saturated carbocycles. The van der Waals surface area contributed by atoms with E-state index in [2.05, 4.69) is 5.32 Å². The topological polar surface area (TPSA) is 49.3 Å². The standard InChI is InChI=1S/C17H19NO2/c1-12-7-9-15(10-8-12)18-16(19)13-5-4-6-14(11-13)17(2,3)20/h4-11,20H,1-3H3,(H,18,19). The summed E-state index contributed by atoms with van der Waals surface area (Å²) >= 11 is 0. The Hall–Kier alpha value is -2.13. The number of nitrogens with one attached hydrogen (secondary N) is 1. The van der Waals surface area contributed by atoms with E-state index in [4.69, 9.17) is 0 Å². The van der Waals surface area contributed by atoms with Crippen molar-refractivity contribution >= 4 is 11.6 Å². The average Bonchev–Trinajstić information content (AvgIpc) is 2.40. The number of carbonyl (C=O) groups is 1. The molecule has 3 nitrogen and oxygen atoms in total. The van der Waals surface area contributed by atoms with Crippen molar-refractivity contribution in [2.24, 2.45) is 0 Å². The van der Waals surface area contributed by atoms with E-state index in [1.807, 2.05) is 37.3 Å². The molecule has 0 aliphatic rings. The van der Waals surface area contributed by atoms with Crippen LogP contribution in [0, 0.1) is 6.92 Å². The number of anilines is 1. The van der Waals surface area contributed by atoms with Crippen molar-refractivity contribution in [3.63, 3.8) is 0 Å². The summed E-state index contributed by atoms with van der Waals surface area (Å²) in [6, 6.07) is 14.7. The minimum Gasteiger partial charge on any atom is -0.386 e. The second-order valence-corrected chi connectivity index (χ2v) is 5.46. The van der Waals surface area contributed by atoms with Gasteiger partial charge in [-0.1, -0.05) is 29.8 Å². The van der Waals surface area contributed by atoms with Crippen molar-refractivity contribution in [1.29, 1.82) is 0 Å². The average molecular weight is 269 g/mol. The summed E-state index contributed by atoms with van der Waals surface area (Å²) in [5, 5.41) is 12.8. The van der Waals surface area contributed by atoms with Crippen LogP contribution in [-0.4, -0.2) is 11.0 Å². The number of hydrogen-bond donors (Lipinski definition) is 2. The maximum atomic E-state index is 12.2. The number of aryl methyl sites for hydroxylation is 1. The predicted molar refractivity (Wildman–Crippen MR) is 80.8 cm³/mol. The Labute approximate surface area is 119 Å². The molecule has 1 amide bonds. The van der Waals surface area contributed by atoms with E-state index in [1.54, 1.807) is 32.0 Å². The third-order valence-corrected chi connectivity index (χ3v) is 3.14. The van der Waals surface area contributed by atoms with Gasteiger partial charge in [0.1, 0.15) is 0 Å². The highest BCUT2D eigenvalue weighted by atomic mass is 16.3. The van der Waals surface area contributed by atoms with Crippen molar-refractivity contribution < 1.29 is 9.90 Å². The van der Waals surface area contributed by atoms with Crippen LogP contribution in [0.15, 0.2) is 48.5 Å². The van der Waals surface area contributed by atoms with Gasteiger partial charge in [-0.3, -0.25) is 4.79 Å². The quantitative estimate of drug-likeness (QED) is 0.896. The van der Waals surface area contributed by atoms with Gasteiger partial charge < -0.3 is 10.4 Å². The largest absolute Gasteiger partial charge is 0.386 e. The Morgan fingerprint density at radius 3 is 2.35 bits per heavy atom. The molecular formula is C17H19NO2. The first-order chi connectivity index (χ1) is 9.36. The maximum absolute atomic E-state index is 12.2. The van der Waals surface area contributed by atoms with Gasteiger partial charge in [0.2, 0.25) is 0 Å². The monoisotopic (exact) mass is 269 g/mol. The van der Waals surface area contributed by atoms with E-state index in [1.165, 1.54) is 0 Å². The van der Waals surface area contributed by atoms with Crippen molar-refractivity contribution in [3.8, 4) is 0 Å². The number of benzene rings is 2. The van der Waals surface area contributed by atoms with Crippen LogP contribution in [0.5, 0.6) is 0 Å². The molecule has 2 N–H and O–H groups in total. The fourth-order valence-electron chi connectivity index (χ4n) is 1.88. The molecule has 0 bridgehead atoms. The highest BCUT2D eigenvalue weighted by Crippen LogP contribution is 2.21. The zero-order valence-electron chi connectivity index (χ0n) is 12.0. The third kappa shape index (κ3) is 3.45. The van der Waals surface area contributed by atoms with Crippen molar-refractivity contribution in [3.05, 3.63) is 65.2 Å². The summed E-state index contributed by atoms with van der Waals surface area (Å²) in [4.78, 5) is 12.2. The normalized spacial score (nSPS) is 11.2. The maximum Gasteiger partial charge on any atom is 0.255 e. The van der Waals surface area contributed by atoms with Crippen LogP contribution in [0.1, 0.15) is 35.3 Å². The van der Waals surface area contributed by atoms with Gasteiger partial charge in [0.15, 0.2) is 0 Å². The summed E-state index contributed by atoms with van der Waals surface area (Å²) in [5.74, 6) is -0.181. The second-order valence-electron chi connectivity index (χ2n) is 5.46. The van der Waals surface area contributed by atoms with Gasteiger partial charge in [-0.05, 0) is 50.6 Å². The van der Waals surface area contributed by atoms with E-state index >= 15 is 0 Å². The van der Waals surface area contributed by atoms with E-state index in [0.717, 1.165) is 11.3 Å². The molecule has 104 valence electrons. The second kappa shape index (κ2) is 5.47. The van der Waals surface area contributed by atoms with Crippen LogP contribution in [0.25, 0.3) is 0 Å². The first-order valence-electron chi connectivity index (χ1n) is 6.57. The van der Waals surface area contributed by atoms with Crippen LogP contribution in [0.2, 0.25) is 0 Å². The molecule has 0 unspecified atom stereocenters. The highest BCUT2D eigenvalue weighted by Gasteiger charge is 2.17. The van der Waals surface area contributed by atoms with E-state index in [9.17, 15) is 9.90 Å². The smallest absolute Gasteiger partial charge is 0.255 e. The number of rotatable bonds is 3. The van der Waals surface area contributed by atoms with Gasteiger partial charge in [0.25, 0.3) is 5.91 Å². The van der Waals surface area contributed by atoms with Crippen molar-refractivity contribution in [2.45, 2.75) is 26.4 Å². The fourth-order valence-corrected chi connectivity index (χ4v) is 1.88. The van der Waals surface area contributed by atoms with Gasteiger partial charge in [0, 0.05) is 11.3 Å². The molecule has 20 heavy (non-hydrogen) atoms. The molecule has 0 aromatic heterocycles. The van der Waals surface area contributed by atoms with E-state index in [0.29, 0.717) is 11.1 Å². The first kappa shape index (κ1) is 14.3. The number of amides is 1. The zero-order chi connectivity index (χ0) is 14.8. The Kier molecular flexibility index (Phi) is 3.91. The fraction of sp³-hybridized carbons (Fsp3) is 0.235. The molecule has 0 aliphatic heterocycles. The highest BCUT2D eigenvalue weighted by molar-refractivity contribution is 6.04. The lowest BCUT2D eigenvalue weighted by Crippen LogP contribution is -2.18. The molecule has 2 aromatic rings. The molecule has 0 aliphatic carbocycles. The predicted octanol–water partition coefficient (Wildman–Crippen LogP) is 3.47. The molecule has 2 rings (SSSR count). The third-order valence-electron chi connectivity index (χ3n) is 3.14. The molecule has 0 radical (unpaired) electrons. The molecule has 0 atom stereocenters. The van der Waals surface area contributed by atoms with Gasteiger partial charge in [-0.25, -0.2) is 0 Å². The minimum atomic E-state index is -0.958. The van der Waals surface area contributed by atoms with Gasteiger partial charge >= 0.3 is 0 Å². The van der Waals surface area contributed by atoms with Gasteiger partial charge in [0.05, 0.1) is 5.60 Å². The lowest BCUT2D eigenvalue weighted by atomic mass is 9.96. The molecule has 0 fully saturated rings. The summed E-state index contributed by atoms with van der Waals surface area (Å²) in [5.41, 5.74) is 2.20. The number of carbonyl (C=O) groups excluding carboxylic acids is 1. The molecule has 0 spiro atoms. The molecule has 3 heteroatoms. The van der Waals surface area contributed by atoms with Crippen LogP contribution in [-0.2, 0) is 5.60 Å². The molecule has 0 heterocycles. The lowest BCUT2D eigenvalue weighted by molar-refractivity contribution is 0.0785. The first-order valence-corrected chi connectivity index (χ1v) is 6.57. The molecular weight excluding hydrogens is 250 g/mol. The molecule has 0 saturated heterocycles. The Morgan fingerprint density at radius 1 is 1.10 bits per heavy atom. The Balaban J connectivity index is 2.19.